The molecule has 1 heterocycles. The van der Waals surface area contributed by atoms with Crippen LogP contribution in [0.25, 0.3) is 0 Å². The molecule has 17 heavy (non-hydrogen) atoms. The minimum atomic E-state index is -0.451. The Morgan fingerprint density at radius 2 is 2.35 bits per heavy atom. The van der Waals surface area contributed by atoms with E-state index >= 15 is 0 Å². The van der Waals surface area contributed by atoms with Gasteiger partial charge in [-0.2, -0.15) is 0 Å². The number of nitrogen functional groups attached to an aromatic ring is 1. The lowest BCUT2D eigenvalue weighted by Gasteiger charge is -2.40. The van der Waals surface area contributed by atoms with Crippen molar-refractivity contribution in [3.8, 4) is 0 Å². The molecule has 1 aliphatic rings. The Bertz CT molecular complexity index is 422. The first-order chi connectivity index (χ1) is 8.10. The van der Waals surface area contributed by atoms with Crippen molar-refractivity contribution in [1.82, 2.24) is 10.3 Å². The van der Waals surface area contributed by atoms with Crippen molar-refractivity contribution in [2.75, 3.05) is 24.7 Å². The van der Waals surface area contributed by atoms with Crippen molar-refractivity contribution in [3.63, 3.8) is 0 Å². The Morgan fingerprint density at radius 1 is 1.65 bits per heavy atom. The summed E-state index contributed by atoms with van der Waals surface area (Å²) in [5.74, 6) is -0.0282. The van der Waals surface area contributed by atoms with E-state index in [1.165, 1.54) is 11.3 Å². The third-order valence-corrected chi connectivity index (χ3v) is 4.15. The predicted octanol–water partition coefficient (Wildman–Crippen LogP) is 0.412. The van der Waals surface area contributed by atoms with Gasteiger partial charge in [0.1, 0.15) is 10.7 Å². The van der Waals surface area contributed by atoms with Gasteiger partial charge in [0.15, 0.2) is 5.13 Å². The van der Waals surface area contributed by atoms with Gasteiger partial charge in [-0.15, -0.1) is 0 Å². The van der Waals surface area contributed by atoms with Gasteiger partial charge in [0, 0.05) is 7.05 Å². The normalized spacial score (nSPS) is 17.3. The van der Waals surface area contributed by atoms with Gasteiger partial charge in [-0.05, 0) is 19.3 Å². The van der Waals surface area contributed by atoms with Gasteiger partial charge in [0.2, 0.25) is 0 Å². The lowest BCUT2D eigenvalue weighted by atomic mass is 9.77. The van der Waals surface area contributed by atoms with Crippen LogP contribution in [-0.4, -0.2) is 35.2 Å². The Kier molecular flexibility index (Phi) is 3.21. The van der Waals surface area contributed by atoms with Gasteiger partial charge in [-0.25, -0.2) is 4.98 Å². The standard InChI is InChI=1S/C10H16N4O2S/c1-12-9-13-7(11)6(17-9)8(16)14-10(5-15)3-2-4-10/h15H,2-5,11H2,1H3,(H,12,13)(H,14,16). The van der Waals surface area contributed by atoms with Crippen LogP contribution in [0.1, 0.15) is 28.9 Å². The van der Waals surface area contributed by atoms with E-state index in [0.717, 1.165) is 19.3 Å². The number of nitrogens with one attached hydrogen (secondary N) is 2. The van der Waals surface area contributed by atoms with Crippen LogP contribution in [-0.2, 0) is 0 Å². The quantitative estimate of drug-likeness (QED) is 0.625. The first-order valence-electron chi connectivity index (χ1n) is 5.48. The van der Waals surface area contributed by atoms with Crippen LogP contribution < -0.4 is 16.4 Å². The molecule has 1 saturated carbocycles. The third kappa shape index (κ3) is 2.20. The van der Waals surface area contributed by atoms with Crippen LogP contribution in [0.5, 0.6) is 0 Å². The van der Waals surface area contributed by atoms with Crippen LogP contribution in [0.2, 0.25) is 0 Å². The fourth-order valence-corrected chi connectivity index (χ4v) is 2.56. The summed E-state index contributed by atoms with van der Waals surface area (Å²) >= 11 is 1.21. The summed E-state index contributed by atoms with van der Waals surface area (Å²) in [6.45, 7) is -0.0314. The predicted molar refractivity (Wildman–Crippen MR) is 67.2 cm³/mol. The van der Waals surface area contributed by atoms with Crippen LogP contribution in [0, 0.1) is 0 Å². The minimum Gasteiger partial charge on any atom is -0.394 e. The number of aliphatic hydroxyl groups is 1. The van der Waals surface area contributed by atoms with E-state index in [4.69, 9.17) is 5.73 Å². The maximum absolute atomic E-state index is 12.0. The number of amides is 1. The molecule has 1 aromatic rings. The lowest BCUT2D eigenvalue weighted by molar-refractivity contribution is 0.0645. The molecule has 0 spiro atoms. The molecule has 0 saturated heterocycles. The summed E-state index contributed by atoms with van der Waals surface area (Å²) < 4.78 is 0. The van der Waals surface area contributed by atoms with Gasteiger partial charge in [0.05, 0.1) is 12.1 Å². The van der Waals surface area contributed by atoms with E-state index in [2.05, 4.69) is 15.6 Å². The molecule has 1 amide bonds. The van der Waals surface area contributed by atoms with Gasteiger partial charge in [0.25, 0.3) is 5.91 Å². The smallest absolute Gasteiger partial charge is 0.265 e. The number of carbonyl (C=O) groups excluding carboxylic acids is 1. The van der Waals surface area contributed by atoms with Crippen molar-refractivity contribution in [2.24, 2.45) is 0 Å². The maximum Gasteiger partial charge on any atom is 0.265 e. The number of nitrogens with zero attached hydrogens (tertiary/aromatic N) is 1. The Morgan fingerprint density at radius 3 is 2.76 bits per heavy atom. The molecule has 7 heteroatoms. The fourth-order valence-electron chi connectivity index (χ4n) is 1.83. The van der Waals surface area contributed by atoms with Crippen LogP contribution in [0.15, 0.2) is 0 Å². The highest BCUT2D eigenvalue weighted by Gasteiger charge is 2.38. The van der Waals surface area contributed by atoms with Crippen molar-refractivity contribution in [1.29, 1.82) is 0 Å². The molecule has 5 N–H and O–H groups in total. The first-order valence-corrected chi connectivity index (χ1v) is 6.29. The molecule has 2 rings (SSSR count). The maximum atomic E-state index is 12.0. The number of hydrogen-bond donors (Lipinski definition) is 4. The van der Waals surface area contributed by atoms with Crippen molar-refractivity contribution in [2.45, 2.75) is 24.8 Å². The Labute approximate surface area is 103 Å². The van der Waals surface area contributed by atoms with E-state index in [-0.39, 0.29) is 18.3 Å². The Hall–Kier alpha value is -1.34. The van der Waals surface area contributed by atoms with Gasteiger partial charge >= 0.3 is 0 Å². The zero-order chi connectivity index (χ0) is 12.5. The molecular formula is C10H16N4O2S. The summed E-state index contributed by atoms with van der Waals surface area (Å²) in [6.07, 6.45) is 2.65. The average molecular weight is 256 g/mol. The molecule has 0 atom stereocenters. The van der Waals surface area contributed by atoms with E-state index in [1.54, 1.807) is 7.05 Å². The van der Waals surface area contributed by atoms with Crippen LogP contribution in [0.4, 0.5) is 10.9 Å². The number of aromatic nitrogens is 1. The topological polar surface area (TPSA) is 100 Å². The largest absolute Gasteiger partial charge is 0.394 e. The third-order valence-electron chi connectivity index (χ3n) is 3.07. The second-order valence-electron chi connectivity index (χ2n) is 4.23. The molecule has 0 aliphatic heterocycles. The lowest BCUT2D eigenvalue weighted by Crippen LogP contribution is -2.56. The Balaban J connectivity index is 2.11. The molecule has 94 valence electrons. The number of aliphatic hydroxyl groups excluding tert-OH is 1. The van der Waals surface area contributed by atoms with Gasteiger partial charge in [-0.3, -0.25) is 4.79 Å². The number of thiazole rings is 1. The van der Waals surface area contributed by atoms with Gasteiger partial charge in [-0.1, -0.05) is 11.3 Å². The molecule has 0 bridgehead atoms. The first kappa shape index (κ1) is 12.1. The van der Waals surface area contributed by atoms with E-state index in [1.807, 2.05) is 0 Å². The minimum absolute atomic E-state index is 0.0314. The molecule has 1 aliphatic carbocycles. The summed E-state index contributed by atoms with van der Waals surface area (Å²) in [4.78, 5) is 16.4. The van der Waals surface area contributed by atoms with E-state index in [0.29, 0.717) is 10.0 Å². The van der Waals surface area contributed by atoms with Crippen molar-refractivity contribution in [3.05, 3.63) is 4.88 Å². The van der Waals surface area contributed by atoms with Crippen molar-refractivity contribution >= 4 is 28.2 Å². The van der Waals surface area contributed by atoms with Crippen LogP contribution >= 0.6 is 11.3 Å². The molecule has 0 unspecified atom stereocenters. The highest BCUT2D eigenvalue weighted by atomic mass is 32.1. The monoisotopic (exact) mass is 256 g/mol. The van der Waals surface area contributed by atoms with E-state index in [9.17, 15) is 9.90 Å². The molecule has 1 aromatic heterocycles. The summed E-state index contributed by atoms with van der Waals surface area (Å²) in [5, 5.41) is 15.6. The second kappa shape index (κ2) is 4.50. The number of anilines is 2. The molecule has 6 nitrogen and oxygen atoms in total. The number of rotatable bonds is 4. The number of carbonyl (C=O) groups is 1. The summed E-state index contributed by atoms with van der Waals surface area (Å²) in [7, 11) is 1.72. The zero-order valence-corrected chi connectivity index (χ0v) is 10.4. The second-order valence-corrected chi connectivity index (χ2v) is 5.23. The molecule has 0 radical (unpaired) electrons. The van der Waals surface area contributed by atoms with Crippen LogP contribution in [0.3, 0.4) is 0 Å². The zero-order valence-electron chi connectivity index (χ0n) is 9.62. The number of nitrogens with two attached hydrogens (primary N) is 1. The fraction of sp³-hybridized carbons (Fsp3) is 0.600. The average Bonchev–Trinajstić information content (AvgIpc) is 2.65. The molecule has 1 fully saturated rings. The highest BCUT2D eigenvalue weighted by molar-refractivity contribution is 7.18. The van der Waals surface area contributed by atoms with E-state index < -0.39 is 5.54 Å². The highest BCUT2D eigenvalue weighted by Crippen LogP contribution is 2.32. The summed E-state index contributed by atoms with van der Waals surface area (Å²) in [5.41, 5.74) is 5.22. The van der Waals surface area contributed by atoms with Crippen molar-refractivity contribution < 1.29 is 9.90 Å². The SMILES string of the molecule is CNc1nc(N)c(C(=O)NC2(CO)CCC2)s1. The van der Waals surface area contributed by atoms with Gasteiger partial charge < -0.3 is 21.5 Å². The summed E-state index contributed by atoms with van der Waals surface area (Å²) in [6, 6.07) is 0. The number of hydrogen-bond acceptors (Lipinski definition) is 6. The molecule has 0 aromatic carbocycles. The molecular weight excluding hydrogens is 240 g/mol.